The van der Waals surface area contributed by atoms with Crippen LogP contribution in [-0.2, 0) is 11.3 Å². The molecule has 1 heterocycles. The number of aromatic amines is 1. The molecule has 1 atom stereocenters. The maximum absolute atomic E-state index is 11.6. The Hall–Kier alpha value is -1.29. The van der Waals surface area contributed by atoms with Gasteiger partial charge in [-0.3, -0.25) is 4.79 Å². The maximum atomic E-state index is 11.6. The molecule has 0 spiro atoms. The van der Waals surface area contributed by atoms with Gasteiger partial charge in [0.2, 0.25) is 5.91 Å². The molecule has 1 aromatic heterocycles. The molecule has 0 aliphatic carbocycles. The SMILES string of the molecule is CCC(CCN)CCC(=O)NCc1cc[nH]c1. The van der Waals surface area contributed by atoms with E-state index in [0.29, 0.717) is 25.4 Å². The van der Waals surface area contributed by atoms with Crippen molar-refractivity contribution in [3.8, 4) is 0 Å². The molecule has 0 saturated carbocycles. The summed E-state index contributed by atoms with van der Waals surface area (Å²) in [6.07, 6.45) is 7.40. The first kappa shape index (κ1) is 13.8. The normalized spacial score (nSPS) is 12.4. The molecular weight excluding hydrogens is 214 g/mol. The molecule has 4 nitrogen and oxygen atoms in total. The van der Waals surface area contributed by atoms with Gasteiger partial charge in [0, 0.05) is 25.4 Å². The average molecular weight is 237 g/mol. The van der Waals surface area contributed by atoms with Crippen molar-refractivity contribution < 1.29 is 4.79 Å². The Morgan fingerprint density at radius 1 is 1.53 bits per heavy atom. The second-order valence-electron chi connectivity index (χ2n) is 4.39. The molecule has 0 aliphatic rings. The highest BCUT2D eigenvalue weighted by Gasteiger charge is 2.08. The van der Waals surface area contributed by atoms with Gasteiger partial charge in [0.05, 0.1) is 0 Å². The number of carbonyl (C=O) groups excluding carboxylic acids is 1. The van der Waals surface area contributed by atoms with E-state index >= 15 is 0 Å². The van der Waals surface area contributed by atoms with E-state index in [9.17, 15) is 4.79 Å². The first-order valence-electron chi connectivity index (χ1n) is 6.34. The number of hydrogen-bond donors (Lipinski definition) is 3. The molecular formula is C13H23N3O. The quantitative estimate of drug-likeness (QED) is 0.645. The largest absolute Gasteiger partial charge is 0.367 e. The van der Waals surface area contributed by atoms with Crippen LogP contribution in [0.4, 0.5) is 0 Å². The van der Waals surface area contributed by atoms with Crippen LogP contribution in [0.25, 0.3) is 0 Å². The van der Waals surface area contributed by atoms with Crippen LogP contribution >= 0.6 is 0 Å². The molecule has 17 heavy (non-hydrogen) atoms. The number of nitrogens with one attached hydrogen (secondary N) is 2. The van der Waals surface area contributed by atoms with E-state index in [-0.39, 0.29) is 5.91 Å². The summed E-state index contributed by atoms with van der Waals surface area (Å²) in [7, 11) is 0. The second-order valence-corrected chi connectivity index (χ2v) is 4.39. The number of carbonyl (C=O) groups is 1. The predicted molar refractivity (Wildman–Crippen MR) is 69.3 cm³/mol. The maximum Gasteiger partial charge on any atom is 0.220 e. The lowest BCUT2D eigenvalue weighted by Gasteiger charge is -2.12. The fraction of sp³-hybridized carbons (Fsp3) is 0.615. The van der Waals surface area contributed by atoms with Gasteiger partial charge in [-0.05, 0) is 36.9 Å². The van der Waals surface area contributed by atoms with Crippen LogP contribution in [0.5, 0.6) is 0 Å². The summed E-state index contributed by atoms with van der Waals surface area (Å²) in [5.41, 5.74) is 6.63. The van der Waals surface area contributed by atoms with Gasteiger partial charge >= 0.3 is 0 Å². The average Bonchev–Trinajstić information content (AvgIpc) is 2.85. The highest BCUT2D eigenvalue weighted by Crippen LogP contribution is 2.14. The monoisotopic (exact) mass is 237 g/mol. The Kier molecular flexibility index (Phi) is 6.40. The van der Waals surface area contributed by atoms with Crippen LogP contribution in [0.2, 0.25) is 0 Å². The highest BCUT2D eigenvalue weighted by molar-refractivity contribution is 5.75. The number of aromatic nitrogens is 1. The van der Waals surface area contributed by atoms with Crippen molar-refractivity contribution >= 4 is 5.91 Å². The summed E-state index contributed by atoms with van der Waals surface area (Å²) in [6, 6.07) is 1.96. The zero-order chi connectivity index (χ0) is 12.5. The topological polar surface area (TPSA) is 70.9 Å². The summed E-state index contributed by atoms with van der Waals surface area (Å²) in [5, 5.41) is 2.92. The Labute approximate surface area is 103 Å². The first-order valence-corrected chi connectivity index (χ1v) is 6.34. The number of rotatable bonds is 8. The lowest BCUT2D eigenvalue weighted by molar-refractivity contribution is -0.121. The predicted octanol–water partition coefficient (Wildman–Crippen LogP) is 1.79. The third kappa shape index (κ3) is 5.54. The van der Waals surface area contributed by atoms with Crippen LogP contribution < -0.4 is 11.1 Å². The zero-order valence-corrected chi connectivity index (χ0v) is 10.5. The Morgan fingerprint density at radius 2 is 2.35 bits per heavy atom. The number of nitrogens with two attached hydrogens (primary N) is 1. The van der Waals surface area contributed by atoms with Crippen LogP contribution in [0.3, 0.4) is 0 Å². The number of hydrogen-bond acceptors (Lipinski definition) is 2. The van der Waals surface area contributed by atoms with Gasteiger partial charge in [-0.15, -0.1) is 0 Å². The van der Waals surface area contributed by atoms with E-state index in [1.54, 1.807) is 0 Å². The molecule has 1 unspecified atom stereocenters. The van der Waals surface area contributed by atoms with Crippen LogP contribution in [0.15, 0.2) is 18.5 Å². The Morgan fingerprint density at radius 3 is 2.94 bits per heavy atom. The van der Waals surface area contributed by atoms with E-state index < -0.39 is 0 Å². The van der Waals surface area contributed by atoms with Gasteiger partial charge in [-0.25, -0.2) is 0 Å². The number of H-pyrrole nitrogens is 1. The van der Waals surface area contributed by atoms with Crippen LogP contribution in [0, 0.1) is 5.92 Å². The molecule has 0 aliphatic heterocycles. The minimum Gasteiger partial charge on any atom is -0.367 e. The summed E-state index contributed by atoms with van der Waals surface area (Å²) in [5.74, 6) is 0.708. The minimum atomic E-state index is 0.127. The third-order valence-corrected chi connectivity index (χ3v) is 3.08. The fourth-order valence-corrected chi connectivity index (χ4v) is 1.88. The van der Waals surface area contributed by atoms with Crippen molar-refractivity contribution in [3.05, 3.63) is 24.0 Å². The third-order valence-electron chi connectivity index (χ3n) is 3.08. The molecule has 0 fully saturated rings. The van der Waals surface area contributed by atoms with Gasteiger partial charge in [-0.1, -0.05) is 13.3 Å². The Bertz CT molecular complexity index is 308. The molecule has 4 N–H and O–H groups in total. The van der Waals surface area contributed by atoms with Gasteiger partial charge in [0.25, 0.3) is 0 Å². The van der Waals surface area contributed by atoms with E-state index in [4.69, 9.17) is 5.73 Å². The molecule has 0 saturated heterocycles. The standard InChI is InChI=1S/C13H23N3O/c1-2-11(5-7-14)3-4-13(17)16-10-12-6-8-15-9-12/h6,8-9,11,15H,2-5,7,10,14H2,1H3,(H,16,17). The molecule has 0 aromatic carbocycles. The van der Waals surface area contributed by atoms with Crippen LogP contribution in [0.1, 0.15) is 38.2 Å². The van der Waals surface area contributed by atoms with E-state index in [0.717, 1.165) is 24.8 Å². The van der Waals surface area contributed by atoms with Crippen molar-refractivity contribution in [1.82, 2.24) is 10.3 Å². The van der Waals surface area contributed by atoms with Crippen molar-refractivity contribution in [2.75, 3.05) is 6.54 Å². The minimum absolute atomic E-state index is 0.127. The van der Waals surface area contributed by atoms with Gasteiger partial charge in [0.15, 0.2) is 0 Å². The summed E-state index contributed by atoms with van der Waals surface area (Å²) >= 11 is 0. The summed E-state index contributed by atoms with van der Waals surface area (Å²) < 4.78 is 0. The molecule has 96 valence electrons. The molecule has 0 radical (unpaired) electrons. The number of amides is 1. The zero-order valence-electron chi connectivity index (χ0n) is 10.5. The van der Waals surface area contributed by atoms with Crippen molar-refractivity contribution in [3.63, 3.8) is 0 Å². The van der Waals surface area contributed by atoms with Gasteiger partial charge in [0.1, 0.15) is 0 Å². The van der Waals surface area contributed by atoms with E-state index in [2.05, 4.69) is 17.2 Å². The van der Waals surface area contributed by atoms with Crippen molar-refractivity contribution in [1.29, 1.82) is 0 Å². The van der Waals surface area contributed by atoms with Gasteiger partial charge < -0.3 is 16.0 Å². The van der Waals surface area contributed by atoms with Crippen molar-refractivity contribution in [2.24, 2.45) is 11.7 Å². The highest BCUT2D eigenvalue weighted by atomic mass is 16.1. The molecule has 1 amide bonds. The Balaban J connectivity index is 2.16. The lowest BCUT2D eigenvalue weighted by atomic mass is 9.96. The van der Waals surface area contributed by atoms with Crippen molar-refractivity contribution in [2.45, 2.75) is 39.2 Å². The smallest absolute Gasteiger partial charge is 0.220 e. The van der Waals surface area contributed by atoms with E-state index in [1.807, 2.05) is 18.5 Å². The molecule has 1 aromatic rings. The van der Waals surface area contributed by atoms with Crippen LogP contribution in [-0.4, -0.2) is 17.4 Å². The summed E-state index contributed by atoms with van der Waals surface area (Å²) in [6.45, 7) is 3.47. The fourth-order valence-electron chi connectivity index (χ4n) is 1.88. The second kappa shape index (κ2) is 7.90. The summed E-state index contributed by atoms with van der Waals surface area (Å²) in [4.78, 5) is 14.6. The molecule has 0 bridgehead atoms. The van der Waals surface area contributed by atoms with E-state index in [1.165, 1.54) is 0 Å². The first-order chi connectivity index (χ1) is 8.26. The lowest BCUT2D eigenvalue weighted by Crippen LogP contribution is -2.23. The molecule has 4 heteroatoms. The van der Waals surface area contributed by atoms with Gasteiger partial charge in [-0.2, -0.15) is 0 Å². The molecule has 1 rings (SSSR count).